The van der Waals surface area contributed by atoms with Crippen molar-refractivity contribution in [2.45, 2.75) is 0 Å². The van der Waals surface area contributed by atoms with Crippen molar-refractivity contribution in [2.75, 3.05) is 0 Å². The number of benzene rings is 1. The van der Waals surface area contributed by atoms with E-state index in [9.17, 15) is 9.90 Å². The number of carboxylic acid groups (broad SMARTS) is 1. The molecule has 1 aromatic carbocycles. The number of hydrogen-bond acceptors (Lipinski definition) is 3. The number of halogens is 1. The van der Waals surface area contributed by atoms with Gasteiger partial charge in [0.15, 0.2) is 0 Å². The Hall–Kier alpha value is -2.07. The number of pyridine rings is 1. The number of nitrogens with zero attached hydrogens (tertiary/aromatic N) is 1. The van der Waals surface area contributed by atoms with E-state index in [1.807, 2.05) is 0 Å². The van der Waals surface area contributed by atoms with Crippen LogP contribution in [0.5, 0.6) is 5.75 Å². The predicted molar refractivity (Wildman–Crippen MR) is 63.3 cm³/mol. The summed E-state index contributed by atoms with van der Waals surface area (Å²) >= 11 is 5.67. The summed E-state index contributed by atoms with van der Waals surface area (Å²) in [4.78, 5) is 14.7. The van der Waals surface area contributed by atoms with Crippen LogP contribution in [0.4, 0.5) is 0 Å². The van der Waals surface area contributed by atoms with Crippen LogP contribution in [0.15, 0.2) is 36.5 Å². The van der Waals surface area contributed by atoms with Crippen molar-refractivity contribution in [3.63, 3.8) is 0 Å². The molecule has 5 heteroatoms. The summed E-state index contributed by atoms with van der Waals surface area (Å²) in [7, 11) is 0. The minimum Gasteiger partial charge on any atom is -0.508 e. The molecule has 0 radical (unpaired) electrons. The van der Waals surface area contributed by atoms with E-state index in [1.165, 1.54) is 24.4 Å². The van der Waals surface area contributed by atoms with Gasteiger partial charge in [-0.3, -0.25) is 0 Å². The van der Waals surface area contributed by atoms with Gasteiger partial charge in [-0.25, -0.2) is 9.78 Å². The highest BCUT2D eigenvalue weighted by molar-refractivity contribution is 6.32. The van der Waals surface area contributed by atoms with Gasteiger partial charge in [0.25, 0.3) is 0 Å². The Morgan fingerprint density at radius 2 is 2.00 bits per heavy atom. The zero-order valence-electron chi connectivity index (χ0n) is 8.59. The molecule has 0 atom stereocenters. The number of aromatic nitrogens is 1. The minimum absolute atomic E-state index is 0.0543. The fourth-order valence-corrected chi connectivity index (χ4v) is 1.63. The molecule has 1 heterocycles. The van der Waals surface area contributed by atoms with Gasteiger partial charge in [-0.1, -0.05) is 23.7 Å². The molecule has 17 heavy (non-hydrogen) atoms. The van der Waals surface area contributed by atoms with Gasteiger partial charge in [0.05, 0.1) is 5.56 Å². The van der Waals surface area contributed by atoms with Crippen molar-refractivity contribution in [1.29, 1.82) is 0 Å². The van der Waals surface area contributed by atoms with Crippen LogP contribution in [0.25, 0.3) is 11.1 Å². The number of aromatic carboxylic acids is 1. The molecule has 0 unspecified atom stereocenters. The summed E-state index contributed by atoms with van der Waals surface area (Å²) < 4.78 is 0. The lowest BCUT2D eigenvalue weighted by Crippen LogP contribution is -1.99. The van der Waals surface area contributed by atoms with E-state index in [4.69, 9.17) is 16.7 Å². The number of aromatic hydroxyl groups is 1. The van der Waals surface area contributed by atoms with Crippen LogP contribution in [-0.4, -0.2) is 21.2 Å². The second-order valence-electron chi connectivity index (χ2n) is 3.42. The van der Waals surface area contributed by atoms with Crippen molar-refractivity contribution in [2.24, 2.45) is 0 Å². The van der Waals surface area contributed by atoms with E-state index in [2.05, 4.69) is 4.98 Å². The van der Waals surface area contributed by atoms with Crippen molar-refractivity contribution < 1.29 is 15.0 Å². The quantitative estimate of drug-likeness (QED) is 0.803. The van der Waals surface area contributed by atoms with Gasteiger partial charge < -0.3 is 10.2 Å². The first-order chi connectivity index (χ1) is 8.08. The standard InChI is InChI=1S/C12H8ClNO3/c13-11-10(12(16)17)5-8(6-14-11)7-2-1-3-9(15)4-7/h1-6,15H,(H,16,17). The van der Waals surface area contributed by atoms with Crippen LogP contribution < -0.4 is 0 Å². The van der Waals surface area contributed by atoms with E-state index in [0.717, 1.165) is 0 Å². The molecule has 0 aliphatic heterocycles. The number of phenolic OH excluding ortho intramolecular Hbond substituents is 1. The van der Waals surface area contributed by atoms with E-state index < -0.39 is 5.97 Å². The van der Waals surface area contributed by atoms with Crippen LogP contribution in [0, 0.1) is 0 Å². The van der Waals surface area contributed by atoms with Crippen molar-refractivity contribution in [1.82, 2.24) is 4.98 Å². The summed E-state index contributed by atoms with van der Waals surface area (Å²) in [5, 5.41) is 18.2. The molecule has 0 fully saturated rings. The third kappa shape index (κ3) is 2.37. The maximum Gasteiger partial charge on any atom is 0.338 e. The Kier molecular flexibility index (Phi) is 2.97. The van der Waals surface area contributed by atoms with Crippen molar-refractivity contribution in [3.8, 4) is 16.9 Å². The van der Waals surface area contributed by atoms with Gasteiger partial charge in [0.1, 0.15) is 10.9 Å². The lowest BCUT2D eigenvalue weighted by molar-refractivity contribution is 0.0696. The Morgan fingerprint density at radius 1 is 1.24 bits per heavy atom. The zero-order valence-corrected chi connectivity index (χ0v) is 9.35. The monoisotopic (exact) mass is 249 g/mol. The normalized spacial score (nSPS) is 10.2. The molecule has 4 nitrogen and oxygen atoms in total. The van der Waals surface area contributed by atoms with Crippen LogP contribution in [0.1, 0.15) is 10.4 Å². The summed E-state index contributed by atoms with van der Waals surface area (Å²) in [6.07, 6.45) is 1.46. The summed E-state index contributed by atoms with van der Waals surface area (Å²) in [6, 6.07) is 7.89. The number of carboxylic acids is 1. The van der Waals surface area contributed by atoms with Crippen molar-refractivity contribution in [3.05, 3.63) is 47.2 Å². The van der Waals surface area contributed by atoms with E-state index in [1.54, 1.807) is 12.1 Å². The third-order valence-corrected chi connectivity index (χ3v) is 2.55. The van der Waals surface area contributed by atoms with E-state index in [0.29, 0.717) is 11.1 Å². The highest BCUT2D eigenvalue weighted by Crippen LogP contribution is 2.25. The largest absolute Gasteiger partial charge is 0.508 e. The lowest BCUT2D eigenvalue weighted by Gasteiger charge is -2.04. The number of carbonyl (C=O) groups is 1. The van der Waals surface area contributed by atoms with Gasteiger partial charge in [-0.15, -0.1) is 0 Å². The number of phenols is 1. The Morgan fingerprint density at radius 3 is 2.65 bits per heavy atom. The van der Waals surface area contributed by atoms with Crippen LogP contribution in [0.3, 0.4) is 0 Å². The SMILES string of the molecule is O=C(O)c1cc(-c2cccc(O)c2)cnc1Cl. The molecule has 86 valence electrons. The summed E-state index contributed by atoms with van der Waals surface area (Å²) in [5.74, 6) is -1.03. The third-order valence-electron chi connectivity index (χ3n) is 2.25. The molecule has 0 spiro atoms. The first kappa shape index (κ1) is 11.4. The van der Waals surface area contributed by atoms with Gasteiger partial charge in [0, 0.05) is 11.8 Å². The second kappa shape index (κ2) is 4.43. The highest BCUT2D eigenvalue weighted by atomic mass is 35.5. The first-order valence-corrected chi connectivity index (χ1v) is 5.14. The number of rotatable bonds is 2. The van der Waals surface area contributed by atoms with Gasteiger partial charge >= 0.3 is 5.97 Å². The molecule has 0 saturated heterocycles. The smallest absolute Gasteiger partial charge is 0.338 e. The molecule has 0 saturated carbocycles. The zero-order chi connectivity index (χ0) is 12.4. The Bertz CT molecular complexity index is 584. The van der Waals surface area contributed by atoms with E-state index >= 15 is 0 Å². The van der Waals surface area contributed by atoms with Crippen LogP contribution >= 0.6 is 11.6 Å². The fraction of sp³-hybridized carbons (Fsp3) is 0. The molecule has 0 amide bonds. The van der Waals surface area contributed by atoms with E-state index in [-0.39, 0.29) is 16.5 Å². The highest BCUT2D eigenvalue weighted by Gasteiger charge is 2.11. The van der Waals surface area contributed by atoms with Gasteiger partial charge in [-0.2, -0.15) is 0 Å². The molecule has 2 rings (SSSR count). The molecule has 0 aliphatic carbocycles. The summed E-state index contributed by atoms with van der Waals surface area (Å²) in [5.41, 5.74) is 1.20. The molecular weight excluding hydrogens is 242 g/mol. The molecule has 1 aromatic heterocycles. The Balaban J connectivity index is 2.54. The molecule has 0 bridgehead atoms. The Labute approximate surface area is 102 Å². The van der Waals surface area contributed by atoms with Crippen molar-refractivity contribution >= 4 is 17.6 Å². The molecule has 2 aromatic rings. The fourth-order valence-electron chi connectivity index (χ4n) is 1.44. The summed E-state index contributed by atoms with van der Waals surface area (Å²) in [6.45, 7) is 0. The topological polar surface area (TPSA) is 70.4 Å². The van der Waals surface area contributed by atoms with Gasteiger partial charge in [0.2, 0.25) is 0 Å². The number of hydrogen-bond donors (Lipinski definition) is 2. The minimum atomic E-state index is -1.13. The average molecular weight is 250 g/mol. The average Bonchev–Trinajstić information content (AvgIpc) is 2.29. The maximum absolute atomic E-state index is 10.9. The first-order valence-electron chi connectivity index (χ1n) is 4.76. The second-order valence-corrected chi connectivity index (χ2v) is 3.78. The van der Waals surface area contributed by atoms with Gasteiger partial charge in [-0.05, 0) is 23.8 Å². The molecule has 0 aliphatic rings. The lowest BCUT2D eigenvalue weighted by atomic mass is 10.1. The predicted octanol–water partition coefficient (Wildman–Crippen LogP) is 2.81. The van der Waals surface area contributed by atoms with Crippen LogP contribution in [-0.2, 0) is 0 Å². The maximum atomic E-state index is 10.9. The molecule has 2 N–H and O–H groups in total. The van der Waals surface area contributed by atoms with Crippen LogP contribution in [0.2, 0.25) is 5.15 Å². The molecular formula is C12H8ClNO3.